The number of aromatic hydroxyl groups is 1. The Morgan fingerprint density at radius 2 is 1.81 bits per heavy atom. The molecule has 0 unspecified atom stereocenters. The van der Waals surface area contributed by atoms with Crippen LogP contribution in [0.3, 0.4) is 0 Å². The molecular formula is C16H13ClN2O2. The molecule has 1 heterocycles. The number of hydrogen-bond donors (Lipinski definition) is 1. The second-order valence-electron chi connectivity index (χ2n) is 4.64. The van der Waals surface area contributed by atoms with Crippen LogP contribution in [0.25, 0.3) is 22.8 Å². The van der Waals surface area contributed by atoms with E-state index in [2.05, 4.69) is 17.1 Å². The molecule has 0 bridgehead atoms. The second-order valence-corrected chi connectivity index (χ2v) is 5.05. The summed E-state index contributed by atoms with van der Waals surface area (Å²) >= 11 is 5.88. The largest absolute Gasteiger partial charge is 0.506 e. The number of phenols is 1. The van der Waals surface area contributed by atoms with Gasteiger partial charge in [0.2, 0.25) is 5.82 Å². The molecule has 3 aromatic rings. The minimum Gasteiger partial charge on any atom is -0.506 e. The average Bonchev–Trinajstić information content (AvgIpc) is 3.00. The highest BCUT2D eigenvalue weighted by atomic mass is 35.5. The standard InChI is InChI=1S/C16H13ClN2O2/c1-2-10-3-5-11(6-4-10)15-18-16(21-19-15)12-7-8-14(20)13(17)9-12/h3-9,20H,2H2,1H3. The van der Waals surface area contributed by atoms with E-state index in [1.165, 1.54) is 11.6 Å². The highest BCUT2D eigenvalue weighted by Gasteiger charge is 2.12. The number of aryl methyl sites for hydroxylation is 1. The van der Waals surface area contributed by atoms with Gasteiger partial charge >= 0.3 is 0 Å². The Kier molecular flexibility index (Phi) is 3.62. The maximum atomic E-state index is 9.42. The summed E-state index contributed by atoms with van der Waals surface area (Å²) in [6.45, 7) is 2.11. The summed E-state index contributed by atoms with van der Waals surface area (Å²) in [5.41, 5.74) is 2.82. The van der Waals surface area contributed by atoms with Crippen LogP contribution in [0.4, 0.5) is 0 Å². The van der Waals surface area contributed by atoms with Gasteiger partial charge in [-0.2, -0.15) is 4.98 Å². The van der Waals surface area contributed by atoms with Gasteiger partial charge in [-0.3, -0.25) is 0 Å². The van der Waals surface area contributed by atoms with Gasteiger partial charge in [-0.1, -0.05) is 47.9 Å². The molecule has 0 fully saturated rings. The predicted octanol–water partition coefficient (Wildman–Crippen LogP) is 4.33. The van der Waals surface area contributed by atoms with Crippen molar-refractivity contribution >= 4 is 11.6 Å². The molecule has 0 aliphatic heterocycles. The smallest absolute Gasteiger partial charge is 0.258 e. The minimum atomic E-state index is 0.0234. The Morgan fingerprint density at radius 3 is 2.48 bits per heavy atom. The Morgan fingerprint density at radius 1 is 1.10 bits per heavy atom. The molecule has 0 saturated heterocycles. The number of nitrogens with zero attached hydrogens (tertiary/aromatic N) is 2. The molecule has 0 saturated carbocycles. The van der Waals surface area contributed by atoms with E-state index < -0.39 is 0 Å². The fourth-order valence-corrected chi connectivity index (χ4v) is 2.17. The summed E-state index contributed by atoms with van der Waals surface area (Å²) in [7, 11) is 0. The first-order chi connectivity index (χ1) is 10.2. The van der Waals surface area contributed by atoms with E-state index in [0.717, 1.165) is 12.0 Å². The second kappa shape index (κ2) is 5.58. The quantitative estimate of drug-likeness (QED) is 0.782. The first-order valence-electron chi connectivity index (χ1n) is 6.59. The molecule has 1 aromatic heterocycles. The predicted molar refractivity (Wildman–Crippen MR) is 81.2 cm³/mol. The number of phenolic OH excluding ortho intramolecular Hbond substituents is 1. The lowest BCUT2D eigenvalue weighted by Crippen LogP contribution is -1.83. The van der Waals surface area contributed by atoms with Crippen molar-refractivity contribution in [3.63, 3.8) is 0 Å². The third kappa shape index (κ3) is 2.76. The molecule has 3 rings (SSSR count). The van der Waals surface area contributed by atoms with Gasteiger partial charge in [0.25, 0.3) is 5.89 Å². The molecule has 4 nitrogen and oxygen atoms in total. The summed E-state index contributed by atoms with van der Waals surface area (Å²) < 4.78 is 5.26. The van der Waals surface area contributed by atoms with Crippen molar-refractivity contribution in [2.75, 3.05) is 0 Å². The van der Waals surface area contributed by atoms with Crippen LogP contribution in [0, 0.1) is 0 Å². The van der Waals surface area contributed by atoms with Crippen molar-refractivity contribution in [2.45, 2.75) is 13.3 Å². The zero-order valence-corrected chi connectivity index (χ0v) is 12.1. The maximum Gasteiger partial charge on any atom is 0.258 e. The summed E-state index contributed by atoms with van der Waals surface area (Å²) in [4.78, 5) is 4.36. The lowest BCUT2D eigenvalue weighted by Gasteiger charge is -1.98. The van der Waals surface area contributed by atoms with Crippen molar-refractivity contribution < 1.29 is 9.63 Å². The van der Waals surface area contributed by atoms with Crippen LogP contribution in [0.15, 0.2) is 47.0 Å². The third-order valence-electron chi connectivity index (χ3n) is 3.24. The number of hydrogen-bond acceptors (Lipinski definition) is 4. The van der Waals surface area contributed by atoms with E-state index >= 15 is 0 Å². The van der Waals surface area contributed by atoms with Crippen molar-refractivity contribution in [3.8, 4) is 28.6 Å². The number of aromatic nitrogens is 2. The van der Waals surface area contributed by atoms with E-state index in [1.807, 2.05) is 24.3 Å². The van der Waals surface area contributed by atoms with Gasteiger partial charge < -0.3 is 9.63 Å². The van der Waals surface area contributed by atoms with E-state index in [4.69, 9.17) is 16.1 Å². The SMILES string of the molecule is CCc1ccc(-c2noc(-c3ccc(O)c(Cl)c3)n2)cc1. The molecule has 0 spiro atoms. The van der Waals surface area contributed by atoms with E-state index in [0.29, 0.717) is 17.3 Å². The number of benzene rings is 2. The van der Waals surface area contributed by atoms with Gasteiger partial charge in [0.15, 0.2) is 0 Å². The highest BCUT2D eigenvalue weighted by molar-refractivity contribution is 6.32. The number of halogens is 1. The molecule has 21 heavy (non-hydrogen) atoms. The average molecular weight is 301 g/mol. The van der Waals surface area contributed by atoms with Crippen molar-refractivity contribution in [2.24, 2.45) is 0 Å². The van der Waals surface area contributed by atoms with Crippen LogP contribution in [-0.2, 0) is 6.42 Å². The Labute approximate surface area is 127 Å². The minimum absolute atomic E-state index is 0.0234. The summed E-state index contributed by atoms with van der Waals surface area (Å²) in [5.74, 6) is 0.915. The third-order valence-corrected chi connectivity index (χ3v) is 3.54. The van der Waals surface area contributed by atoms with E-state index in [-0.39, 0.29) is 10.8 Å². The Balaban J connectivity index is 1.93. The van der Waals surface area contributed by atoms with Crippen molar-refractivity contribution in [1.29, 1.82) is 0 Å². The molecular weight excluding hydrogens is 288 g/mol. The van der Waals surface area contributed by atoms with Gasteiger partial charge in [0.05, 0.1) is 5.02 Å². The zero-order chi connectivity index (χ0) is 14.8. The van der Waals surface area contributed by atoms with E-state index in [1.54, 1.807) is 12.1 Å². The molecule has 0 aliphatic carbocycles. The lowest BCUT2D eigenvalue weighted by molar-refractivity contribution is 0.432. The molecule has 5 heteroatoms. The first-order valence-corrected chi connectivity index (χ1v) is 6.97. The monoisotopic (exact) mass is 300 g/mol. The van der Waals surface area contributed by atoms with Gasteiger partial charge in [-0.05, 0) is 30.2 Å². The van der Waals surface area contributed by atoms with E-state index in [9.17, 15) is 5.11 Å². The highest BCUT2D eigenvalue weighted by Crippen LogP contribution is 2.29. The summed E-state index contributed by atoms with van der Waals surface area (Å²) in [6, 6.07) is 12.8. The van der Waals surface area contributed by atoms with Crippen LogP contribution < -0.4 is 0 Å². The van der Waals surface area contributed by atoms with Crippen molar-refractivity contribution in [3.05, 3.63) is 53.1 Å². The molecule has 1 N–H and O–H groups in total. The maximum absolute atomic E-state index is 9.42. The first kappa shape index (κ1) is 13.6. The summed E-state index contributed by atoms with van der Waals surface area (Å²) in [5, 5.41) is 13.7. The fourth-order valence-electron chi connectivity index (χ4n) is 1.99. The van der Waals surface area contributed by atoms with Crippen LogP contribution in [0.1, 0.15) is 12.5 Å². The molecule has 0 radical (unpaired) electrons. The van der Waals surface area contributed by atoms with Gasteiger partial charge in [0, 0.05) is 11.1 Å². The lowest BCUT2D eigenvalue weighted by atomic mass is 10.1. The molecule has 0 atom stereocenters. The van der Waals surface area contributed by atoms with Gasteiger partial charge in [-0.25, -0.2) is 0 Å². The van der Waals surface area contributed by atoms with Crippen LogP contribution >= 0.6 is 11.6 Å². The molecule has 2 aromatic carbocycles. The summed E-state index contributed by atoms with van der Waals surface area (Å²) in [6.07, 6.45) is 0.990. The molecule has 106 valence electrons. The van der Waals surface area contributed by atoms with Gasteiger partial charge in [0.1, 0.15) is 5.75 Å². The molecule has 0 aliphatic rings. The molecule has 0 amide bonds. The zero-order valence-electron chi connectivity index (χ0n) is 11.4. The normalized spacial score (nSPS) is 10.8. The van der Waals surface area contributed by atoms with Crippen LogP contribution in [0.5, 0.6) is 5.75 Å². The van der Waals surface area contributed by atoms with Gasteiger partial charge in [-0.15, -0.1) is 0 Å². The Hall–Kier alpha value is -2.33. The number of rotatable bonds is 3. The van der Waals surface area contributed by atoms with Crippen molar-refractivity contribution in [1.82, 2.24) is 10.1 Å². The topological polar surface area (TPSA) is 59.2 Å². The Bertz CT molecular complexity index is 766. The fraction of sp³-hybridized carbons (Fsp3) is 0.125. The van der Waals surface area contributed by atoms with Crippen LogP contribution in [-0.4, -0.2) is 15.2 Å². The van der Waals surface area contributed by atoms with Crippen LogP contribution in [0.2, 0.25) is 5.02 Å².